The maximum atomic E-state index is 13.7. The number of aryl methyl sites for hydroxylation is 1. The molecule has 230 valence electrons. The van der Waals surface area contributed by atoms with Gasteiger partial charge in [-0.05, 0) is 87.9 Å². The minimum absolute atomic E-state index is 0.0181. The summed E-state index contributed by atoms with van der Waals surface area (Å²) in [5.74, 6) is 0.840. The summed E-state index contributed by atoms with van der Waals surface area (Å²) in [5, 5.41) is 10.6. The molecule has 0 aliphatic carbocycles. The smallest absolute Gasteiger partial charge is 0.257 e. The lowest BCUT2D eigenvalue weighted by atomic mass is 9.88. The number of aromatic nitrogens is 3. The number of nitrogens with zero attached hydrogens (tertiary/aromatic N) is 5. The van der Waals surface area contributed by atoms with Crippen molar-refractivity contribution in [2.24, 2.45) is 7.05 Å². The van der Waals surface area contributed by atoms with E-state index in [1.54, 1.807) is 24.4 Å². The molecule has 9 heteroatoms. The number of hydrogen-bond donors (Lipinski definition) is 2. The van der Waals surface area contributed by atoms with Gasteiger partial charge < -0.3 is 20.4 Å². The minimum Gasteiger partial charge on any atom is -0.370 e. The van der Waals surface area contributed by atoms with Crippen LogP contribution in [0.4, 0.5) is 17.2 Å². The van der Waals surface area contributed by atoms with Crippen LogP contribution in [0.1, 0.15) is 72.7 Å². The molecule has 4 aromatic rings. The Kier molecular flexibility index (Phi) is 9.32. The van der Waals surface area contributed by atoms with E-state index >= 15 is 0 Å². The van der Waals surface area contributed by atoms with Crippen molar-refractivity contribution in [3.63, 3.8) is 0 Å². The highest BCUT2D eigenvalue weighted by atomic mass is 16.2. The molecule has 0 saturated carbocycles. The van der Waals surface area contributed by atoms with Gasteiger partial charge in [-0.15, -0.1) is 0 Å². The minimum atomic E-state index is -0.271. The SMILES string of the molecule is CC(C)Nc1ccc(C(=O)Nc2cc(C(=O)N3CCC(c4ccc(-c5cnn(C)c5)cc4)CC3)ccc2N(C)C(C)C)cn1. The highest BCUT2D eigenvalue weighted by Crippen LogP contribution is 2.32. The normalized spacial score (nSPS) is 13.8. The maximum absolute atomic E-state index is 13.7. The molecule has 44 heavy (non-hydrogen) atoms. The molecule has 5 rings (SSSR count). The zero-order valence-corrected chi connectivity index (χ0v) is 26.5. The van der Waals surface area contributed by atoms with Crippen molar-refractivity contribution in [3.8, 4) is 11.1 Å². The maximum Gasteiger partial charge on any atom is 0.257 e. The van der Waals surface area contributed by atoms with Gasteiger partial charge in [-0.1, -0.05) is 24.3 Å². The first-order valence-corrected chi connectivity index (χ1v) is 15.4. The Morgan fingerprint density at radius 1 is 0.909 bits per heavy atom. The van der Waals surface area contributed by atoms with Gasteiger partial charge in [0, 0.05) is 62.8 Å². The number of carbonyl (C=O) groups excluding carboxylic acids is 2. The predicted molar refractivity (Wildman–Crippen MR) is 177 cm³/mol. The van der Waals surface area contributed by atoms with Crippen LogP contribution in [0.15, 0.2) is 73.2 Å². The van der Waals surface area contributed by atoms with E-state index in [1.165, 1.54) is 5.56 Å². The molecule has 3 heterocycles. The Hall–Kier alpha value is -4.66. The lowest BCUT2D eigenvalue weighted by molar-refractivity contribution is 0.0712. The fraction of sp³-hybridized carbons (Fsp3) is 0.371. The number of hydrogen-bond acceptors (Lipinski definition) is 6. The van der Waals surface area contributed by atoms with Crippen molar-refractivity contribution in [2.75, 3.05) is 35.7 Å². The summed E-state index contributed by atoms with van der Waals surface area (Å²) < 4.78 is 1.81. The molecule has 0 bridgehead atoms. The lowest BCUT2D eigenvalue weighted by Crippen LogP contribution is -2.38. The molecule has 1 aliphatic heterocycles. The fourth-order valence-corrected chi connectivity index (χ4v) is 5.58. The van der Waals surface area contributed by atoms with E-state index in [2.05, 4.69) is 63.7 Å². The monoisotopic (exact) mass is 593 g/mol. The second-order valence-electron chi connectivity index (χ2n) is 12.2. The van der Waals surface area contributed by atoms with Crippen LogP contribution < -0.4 is 15.5 Å². The average Bonchev–Trinajstić information content (AvgIpc) is 3.46. The predicted octanol–water partition coefficient (Wildman–Crippen LogP) is 6.42. The Balaban J connectivity index is 1.27. The van der Waals surface area contributed by atoms with Crippen LogP contribution in [-0.2, 0) is 7.05 Å². The number of carbonyl (C=O) groups is 2. The van der Waals surface area contributed by atoms with Gasteiger partial charge >= 0.3 is 0 Å². The third kappa shape index (κ3) is 7.10. The number of rotatable bonds is 9. The first-order valence-electron chi connectivity index (χ1n) is 15.4. The summed E-state index contributed by atoms with van der Waals surface area (Å²) in [6.07, 6.45) is 7.28. The Morgan fingerprint density at radius 2 is 1.61 bits per heavy atom. The van der Waals surface area contributed by atoms with Crippen LogP contribution in [0.25, 0.3) is 11.1 Å². The highest BCUT2D eigenvalue weighted by molar-refractivity contribution is 6.07. The van der Waals surface area contributed by atoms with Gasteiger partial charge in [0.2, 0.25) is 0 Å². The zero-order chi connectivity index (χ0) is 31.4. The molecule has 2 aromatic carbocycles. The lowest BCUT2D eigenvalue weighted by Gasteiger charge is -2.33. The summed E-state index contributed by atoms with van der Waals surface area (Å²) in [7, 11) is 3.91. The van der Waals surface area contributed by atoms with Gasteiger partial charge in [-0.2, -0.15) is 5.10 Å². The summed E-state index contributed by atoms with van der Waals surface area (Å²) in [6.45, 7) is 9.62. The van der Waals surface area contributed by atoms with Gasteiger partial charge in [-0.3, -0.25) is 14.3 Å². The Morgan fingerprint density at radius 3 is 2.20 bits per heavy atom. The van der Waals surface area contributed by atoms with Crippen molar-refractivity contribution in [2.45, 2.75) is 58.5 Å². The topological polar surface area (TPSA) is 95.4 Å². The van der Waals surface area contributed by atoms with Crippen LogP contribution >= 0.6 is 0 Å². The molecule has 9 nitrogen and oxygen atoms in total. The van der Waals surface area contributed by atoms with Crippen molar-refractivity contribution in [3.05, 3.63) is 89.9 Å². The Bertz CT molecular complexity index is 1580. The molecule has 1 saturated heterocycles. The Labute approximate surface area is 260 Å². The van der Waals surface area contributed by atoms with Crippen molar-refractivity contribution >= 4 is 29.0 Å². The second-order valence-corrected chi connectivity index (χ2v) is 12.2. The van der Waals surface area contributed by atoms with Crippen molar-refractivity contribution in [1.29, 1.82) is 0 Å². The van der Waals surface area contributed by atoms with Gasteiger partial charge in [0.1, 0.15) is 5.82 Å². The molecule has 1 aliphatic rings. The third-order valence-corrected chi connectivity index (χ3v) is 8.31. The van der Waals surface area contributed by atoms with Gasteiger partial charge in [0.15, 0.2) is 0 Å². The molecule has 0 radical (unpaired) electrons. The van der Waals surface area contributed by atoms with Crippen LogP contribution in [0.2, 0.25) is 0 Å². The molecule has 2 N–H and O–H groups in total. The van der Waals surface area contributed by atoms with E-state index in [0.717, 1.165) is 35.5 Å². The summed E-state index contributed by atoms with van der Waals surface area (Å²) in [5.41, 5.74) is 6.03. The molecule has 1 fully saturated rings. The summed E-state index contributed by atoms with van der Waals surface area (Å²) in [4.78, 5) is 35.3. The van der Waals surface area contributed by atoms with Gasteiger partial charge in [-0.25, -0.2) is 4.98 Å². The number of pyridine rings is 1. The number of likely N-dealkylation sites (tertiary alicyclic amines) is 1. The van der Waals surface area contributed by atoms with Crippen molar-refractivity contribution < 1.29 is 9.59 Å². The summed E-state index contributed by atoms with van der Waals surface area (Å²) in [6, 6.07) is 18.3. The van der Waals surface area contributed by atoms with Crippen LogP contribution in [0, 0.1) is 0 Å². The highest BCUT2D eigenvalue weighted by Gasteiger charge is 2.26. The van der Waals surface area contributed by atoms with Crippen LogP contribution in [-0.4, -0.2) is 63.7 Å². The molecule has 2 aromatic heterocycles. The van der Waals surface area contributed by atoms with Gasteiger partial charge in [0.25, 0.3) is 11.8 Å². The van der Waals surface area contributed by atoms with E-state index in [9.17, 15) is 9.59 Å². The second kappa shape index (κ2) is 13.3. The first-order chi connectivity index (χ1) is 21.1. The van der Waals surface area contributed by atoms with E-state index < -0.39 is 0 Å². The van der Waals surface area contributed by atoms with E-state index in [0.29, 0.717) is 35.8 Å². The number of piperidine rings is 1. The number of anilines is 3. The number of benzene rings is 2. The number of nitrogens with one attached hydrogen (secondary N) is 2. The number of amides is 2. The zero-order valence-electron chi connectivity index (χ0n) is 26.5. The van der Waals surface area contributed by atoms with Crippen molar-refractivity contribution in [1.82, 2.24) is 19.7 Å². The average molecular weight is 594 g/mol. The van der Waals surface area contributed by atoms with Gasteiger partial charge in [0.05, 0.1) is 23.1 Å². The first kappa shape index (κ1) is 30.8. The largest absolute Gasteiger partial charge is 0.370 e. The van der Waals surface area contributed by atoms with Crippen LogP contribution in [0.5, 0.6) is 0 Å². The standard InChI is InChI=1S/C35H43N7O2/c1-23(2)38-33-14-12-29(20-36-33)34(43)39-31-19-28(11-13-32(31)41(6)24(3)4)35(44)42-17-15-27(16-18-42)25-7-9-26(10-8-25)30-21-37-40(5)22-30/h7-14,19-24,27H,15-18H2,1-6H3,(H,36,38)(H,39,43). The molecule has 0 atom stereocenters. The summed E-state index contributed by atoms with van der Waals surface area (Å²) >= 11 is 0. The molecule has 0 spiro atoms. The third-order valence-electron chi connectivity index (χ3n) is 8.31. The molecular formula is C35H43N7O2. The molecule has 0 unspecified atom stereocenters. The molecule has 2 amide bonds. The fourth-order valence-electron chi connectivity index (χ4n) is 5.58. The van der Waals surface area contributed by atoms with E-state index in [-0.39, 0.29) is 23.9 Å². The van der Waals surface area contributed by atoms with Crippen LogP contribution in [0.3, 0.4) is 0 Å². The quantitative estimate of drug-likeness (QED) is 0.233. The van der Waals surface area contributed by atoms with E-state index in [4.69, 9.17) is 0 Å². The van der Waals surface area contributed by atoms with E-state index in [1.807, 2.05) is 62.1 Å². The molecular weight excluding hydrogens is 550 g/mol.